The molecule has 32 heavy (non-hydrogen) atoms. The van der Waals surface area contributed by atoms with Gasteiger partial charge in [0.1, 0.15) is 11.3 Å². The van der Waals surface area contributed by atoms with Gasteiger partial charge in [-0.3, -0.25) is 4.79 Å². The minimum atomic E-state index is -0.211. The summed E-state index contributed by atoms with van der Waals surface area (Å²) in [6, 6.07) is 19.5. The molecule has 0 spiro atoms. The Bertz CT molecular complexity index is 1220. The summed E-state index contributed by atoms with van der Waals surface area (Å²) in [6.45, 7) is 8.38. The minimum Gasteiger partial charge on any atom is -0.484 e. The van der Waals surface area contributed by atoms with Crippen molar-refractivity contribution in [3.8, 4) is 17.2 Å². The lowest BCUT2D eigenvalue weighted by atomic mass is 9.99. The van der Waals surface area contributed by atoms with Crippen molar-refractivity contribution in [1.29, 1.82) is 0 Å². The zero-order valence-corrected chi connectivity index (χ0v) is 18.9. The lowest BCUT2D eigenvalue weighted by Crippen LogP contribution is -2.20. The van der Waals surface area contributed by atoms with Crippen LogP contribution in [0.2, 0.25) is 0 Å². The number of hydrogen-bond donors (Lipinski definition) is 1. The van der Waals surface area contributed by atoms with E-state index >= 15 is 0 Å². The molecule has 0 saturated carbocycles. The van der Waals surface area contributed by atoms with Crippen LogP contribution in [0.25, 0.3) is 22.6 Å². The maximum absolute atomic E-state index is 12.3. The summed E-state index contributed by atoms with van der Waals surface area (Å²) in [5.41, 5.74) is 6.69. The number of aryl methyl sites for hydroxylation is 2. The average molecular weight is 429 g/mol. The van der Waals surface area contributed by atoms with Gasteiger partial charge in [0.15, 0.2) is 12.2 Å². The molecule has 4 aromatic rings. The third-order valence-corrected chi connectivity index (χ3v) is 5.67. The summed E-state index contributed by atoms with van der Waals surface area (Å²) in [5, 5.41) is 2.86. The molecule has 1 heterocycles. The molecule has 0 aliphatic carbocycles. The second-order valence-corrected chi connectivity index (χ2v) is 8.24. The van der Waals surface area contributed by atoms with Crippen molar-refractivity contribution in [2.24, 2.45) is 0 Å². The van der Waals surface area contributed by atoms with Crippen LogP contribution >= 0.6 is 0 Å². The highest BCUT2D eigenvalue weighted by molar-refractivity contribution is 5.92. The van der Waals surface area contributed by atoms with Gasteiger partial charge >= 0.3 is 0 Å². The molecule has 5 nitrogen and oxygen atoms in total. The molecule has 1 unspecified atom stereocenters. The molecule has 164 valence electrons. The Balaban J connectivity index is 1.36. The van der Waals surface area contributed by atoms with Gasteiger partial charge in [-0.05, 0) is 85.3 Å². The molecule has 0 aliphatic rings. The first-order valence-electron chi connectivity index (χ1n) is 10.9. The van der Waals surface area contributed by atoms with E-state index in [1.807, 2.05) is 56.3 Å². The summed E-state index contributed by atoms with van der Waals surface area (Å²) >= 11 is 0. The normalized spacial score (nSPS) is 12.0. The fraction of sp³-hybridized carbons (Fsp3) is 0.259. The highest BCUT2D eigenvalue weighted by Crippen LogP contribution is 2.28. The monoisotopic (exact) mass is 428 g/mol. The zero-order chi connectivity index (χ0) is 22.7. The Morgan fingerprint density at radius 1 is 1.06 bits per heavy atom. The number of amides is 1. The molecule has 0 aliphatic heterocycles. The topological polar surface area (TPSA) is 64.4 Å². The van der Waals surface area contributed by atoms with Crippen LogP contribution < -0.4 is 10.1 Å². The maximum atomic E-state index is 12.3. The van der Waals surface area contributed by atoms with Gasteiger partial charge in [0.2, 0.25) is 5.89 Å². The van der Waals surface area contributed by atoms with Crippen LogP contribution in [0.5, 0.6) is 5.75 Å². The van der Waals surface area contributed by atoms with Gasteiger partial charge in [0.25, 0.3) is 5.91 Å². The number of hydrogen-bond acceptors (Lipinski definition) is 4. The van der Waals surface area contributed by atoms with Crippen molar-refractivity contribution < 1.29 is 13.9 Å². The number of fused-ring (bicyclic) bond motifs is 1. The Kier molecular flexibility index (Phi) is 6.26. The van der Waals surface area contributed by atoms with E-state index in [0.717, 1.165) is 34.2 Å². The first kappa shape index (κ1) is 21.6. The Labute approximate surface area is 188 Å². The van der Waals surface area contributed by atoms with Gasteiger partial charge in [-0.1, -0.05) is 32.0 Å². The van der Waals surface area contributed by atoms with Gasteiger partial charge in [0.05, 0.1) is 0 Å². The molecule has 5 heteroatoms. The Morgan fingerprint density at radius 2 is 1.78 bits per heavy atom. The predicted octanol–water partition coefficient (Wildman–Crippen LogP) is 6.64. The van der Waals surface area contributed by atoms with Crippen molar-refractivity contribution in [2.45, 2.75) is 40.0 Å². The van der Waals surface area contributed by atoms with E-state index in [1.54, 1.807) is 0 Å². The highest BCUT2D eigenvalue weighted by Gasteiger charge is 2.11. The van der Waals surface area contributed by atoms with E-state index in [1.165, 1.54) is 5.56 Å². The van der Waals surface area contributed by atoms with Crippen LogP contribution in [0.4, 0.5) is 5.69 Å². The lowest BCUT2D eigenvalue weighted by molar-refractivity contribution is -0.118. The van der Waals surface area contributed by atoms with E-state index in [4.69, 9.17) is 9.15 Å². The number of nitrogens with zero attached hydrogens (tertiary/aromatic N) is 1. The van der Waals surface area contributed by atoms with Gasteiger partial charge in [0, 0.05) is 11.3 Å². The second kappa shape index (κ2) is 9.27. The van der Waals surface area contributed by atoms with Gasteiger partial charge in [-0.15, -0.1) is 0 Å². The van der Waals surface area contributed by atoms with E-state index in [0.29, 0.717) is 23.2 Å². The van der Waals surface area contributed by atoms with Gasteiger partial charge in [-0.2, -0.15) is 0 Å². The molecular formula is C27H28N2O3. The van der Waals surface area contributed by atoms with Crippen LogP contribution in [0.15, 0.2) is 65.1 Å². The van der Waals surface area contributed by atoms with Gasteiger partial charge in [-0.25, -0.2) is 4.98 Å². The summed E-state index contributed by atoms with van der Waals surface area (Å²) in [7, 11) is 0. The molecule has 1 atom stereocenters. The average Bonchev–Trinajstić information content (AvgIpc) is 3.22. The maximum Gasteiger partial charge on any atom is 0.262 e. The largest absolute Gasteiger partial charge is 0.484 e. The second-order valence-electron chi connectivity index (χ2n) is 8.24. The van der Waals surface area contributed by atoms with Crippen molar-refractivity contribution in [3.63, 3.8) is 0 Å². The molecule has 3 aromatic carbocycles. The zero-order valence-electron chi connectivity index (χ0n) is 18.9. The summed E-state index contributed by atoms with van der Waals surface area (Å²) in [5.74, 6) is 1.55. The van der Waals surface area contributed by atoms with E-state index in [2.05, 4.69) is 42.3 Å². The standard InChI is InChI=1S/C27H28N2O3/c1-5-18(3)20-8-12-23(13-9-20)31-16-25(30)28-22-10-6-21(7-11-22)27-29-24-15-17(2)14-19(4)26(24)32-27/h6-15,18H,5,16H2,1-4H3,(H,28,30). The molecule has 1 aromatic heterocycles. The SMILES string of the molecule is CCC(C)c1ccc(OCC(=O)Nc2ccc(-c3nc4cc(C)cc(C)c4o3)cc2)cc1. The Morgan fingerprint density at radius 3 is 2.47 bits per heavy atom. The van der Waals surface area contributed by atoms with Crippen molar-refractivity contribution in [1.82, 2.24) is 4.98 Å². The third-order valence-electron chi connectivity index (χ3n) is 5.67. The number of nitrogens with one attached hydrogen (secondary N) is 1. The van der Waals surface area contributed by atoms with Crippen LogP contribution in [0.1, 0.15) is 42.9 Å². The summed E-state index contributed by atoms with van der Waals surface area (Å²) in [4.78, 5) is 16.9. The number of anilines is 1. The minimum absolute atomic E-state index is 0.0474. The summed E-state index contributed by atoms with van der Waals surface area (Å²) in [6.07, 6.45) is 1.09. The number of aromatic nitrogens is 1. The van der Waals surface area contributed by atoms with Crippen LogP contribution in [0.3, 0.4) is 0 Å². The van der Waals surface area contributed by atoms with E-state index < -0.39 is 0 Å². The smallest absolute Gasteiger partial charge is 0.262 e. The number of oxazole rings is 1. The fourth-order valence-electron chi connectivity index (χ4n) is 3.67. The molecule has 1 amide bonds. The van der Waals surface area contributed by atoms with E-state index in [9.17, 15) is 4.79 Å². The molecule has 0 radical (unpaired) electrons. The number of benzene rings is 3. The van der Waals surface area contributed by atoms with Crippen LogP contribution in [0, 0.1) is 13.8 Å². The van der Waals surface area contributed by atoms with Gasteiger partial charge < -0.3 is 14.5 Å². The van der Waals surface area contributed by atoms with Crippen LogP contribution in [-0.4, -0.2) is 17.5 Å². The lowest BCUT2D eigenvalue weighted by Gasteiger charge is -2.11. The first-order valence-corrected chi connectivity index (χ1v) is 10.9. The third kappa shape index (κ3) is 4.83. The predicted molar refractivity (Wildman–Crippen MR) is 128 cm³/mol. The van der Waals surface area contributed by atoms with Crippen molar-refractivity contribution in [2.75, 3.05) is 11.9 Å². The highest BCUT2D eigenvalue weighted by atomic mass is 16.5. The number of rotatable bonds is 7. The molecule has 1 N–H and O–H groups in total. The first-order chi connectivity index (χ1) is 15.4. The molecule has 0 bridgehead atoms. The molecule has 0 saturated heterocycles. The summed E-state index contributed by atoms with van der Waals surface area (Å²) < 4.78 is 11.6. The Hall–Kier alpha value is -3.60. The van der Waals surface area contributed by atoms with Crippen LogP contribution in [-0.2, 0) is 4.79 Å². The fourth-order valence-corrected chi connectivity index (χ4v) is 3.67. The molecular weight excluding hydrogens is 400 g/mol. The number of ether oxygens (including phenoxy) is 1. The molecule has 4 rings (SSSR count). The van der Waals surface area contributed by atoms with Crippen molar-refractivity contribution >= 4 is 22.7 Å². The quantitative estimate of drug-likeness (QED) is 0.358. The van der Waals surface area contributed by atoms with Crippen molar-refractivity contribution in [3.05, 3.63) is 77.4 Å². The number of carbonyl (C=O) groups excluding carboxylic acids is 1. The molecule has 0 fully saturated rings. The van der Waals surface area contributed by atoms with E-state index in [-0.39, 0.29) is 12.5 Å². The number of carbonyl (C=O) groups is 1.